The Morgan fingerprint density at radius 2 is 0.529 bits per heavy atom. The molecule has 0 unspecified atom stereocenters. The van der Waals surface area contributed by atoms with Gasteiger partial charge in [0.1, 0.15) is 0 Å². The Labute approximate surface area is 112 Å². The summed E-state index contributed by atoms with van der Waals surface area (Å²) in [5.74, 6) is 0. The lowest BCUT2D eigenvalue weighted by atomic mass is 10.0. The van der Waals surface area contributed by atoms with Crippen LogP contribution in [0.4, 0.5) is 0 Å². The molecule has 0 heteroatoms. The fraction of sp³-hybridized carbons (Fsp3) is 1.00. The molecule has 0 radical (unpaired) electrons. The van der Waals surface area contributed by atoms with Crippen LogP contribution in [0.3, 0.4) is 0 Å². The minimum Gasteiger partial charge on any atom is -0.0654 e. The van der Waals surface area contributed by atoms with Gasteiger partial charge in [-0.25, -0.2) is 0 Å². The van der Waals surface area contributed by atoms with Gasteiger partial charge in [0.2, 0.25) is 0 Å². The quantitative estimate of drug-likeness (QED) is 0.287. The molecule has 0 saturated carbocycles. The van der Waals surface area contributed by atoms with Gasteiger partial charge in [0, 0.05) is 0 Å². The number of unbranched alkanes of at least 4 members (excludes halogenated alkanes) is 14. The molecule has 0 aromatic carbocycles. The summed E-state index contributed by atoms with van der Waals surface area (Å²) < 4.78 is 0. The van der Waals surface area contributed by atoms with Gasteiger partial charge in [-0.3, -0.25) is 0 Å². The van der Waals surface area contributed by atoms with E-state index in [2.05, 4.69) is 13.8 Å². The fourth-order valence-corrected chi connectivity index (χ4v) is 2.44. The van der Waals surface area contributed by atoms with Crippen LogP contribution in [0.15, 0.2) is 0 Å². The first-order valence-corrected chi connectivity index (χ1v) is 8.41. The maximum absolute atomic E-state index is 2.29. The molecule has 0 N–H and O–H groups in total. The zero-order valence-electron chi connectivity index (χ0n) is 13.6. The summed E-state index contributed by atoms with van der Waals surface area (Å²) in [5, 5.41) is 0. The van der Waals surface area contributed by atoms with Crippen LogP contribution < -0.4 is 0 Å². The predicted octanol–water partition coefficient (Wildman–Crippen LogP) is 6.99. The molecule has 104 valence electrons. The third-order valence-corrected chi connectivity index (χ3v) is 3.71. The van der Waals surface area contributed by atoms with Gasteiger partial charge in [-0.2, -0.15) is 0 Å². The number of hydrogen-bond donors (Lipinski definition) is 0. The number of rotatable bonds is 14. The zero-order valence-corrected chi connectivity index (χ0v) is 12.6. The van der Waals surface area contributed by atoms with Crippen LogP contribution in [0.25, 0.3) is 0 Å². The lowest BCUT2D eigenvalue weighted by Crippen LogP contribution is -1.82. The molecule has 0 heterocycles. The summed E-state index contributed by atoms with van der Waals surface area (Å²) in [7, 11) is 0. The Morgan fingerprint density at radius 1 is 0.353 bits per heavy atom. The molecule has 0 bridgehead atoms. The van der Waals surface area contributed by atoms with Gasteiger partial charge in [0.25, 0.3) is 0 Å². The minimum atomic E-state index is 0. The largest absolute Gasteiger partial charge is 1.00 e. The third-order valence-electron chi connectivity index (χ3n) is 3.71. The van der Waals surface area contributed by atoms with Gasteiger partial charge in [-0.05, 0) is 0 Å². The third kappa shape index (κ3) is 16.0. The molecule has 0 spiro atoms. The lowest BCUT2D eigenvalue weighted by molar-refractivity contribution is 0.534. The van der Waals surface area contributed by atoms with Crippen LogP contribution in [0.1, 0.15) is 112 Å². The Bertz CT molecular complexity index is 109. The highest BCUT2D eigenvalue weighted by Gasteiger charge is 1.93. The number of hydrogen-bond acceptors (Lipinski definition) is 0. The van der Waals surface area contributed by atoms with Crippen molar-refractivity contribution in [3.8, 4) is 0 Å². The van der Waals surface area contributed by atoms with Gasteiger partial charge < -0.3 is 0 Å². The Morgan fingerprint density at radius 3 is 0.706 bits per heavy atom. The van der Waals surface area contributed by atoms with Crippen LogP contribution in [-0.2, 0) is 0 Å². The van der Waals surface area contributed by atoms with Gasteiger partial charge >= 0.3 is 1.43 Å². The van der Waals surface area contributed by atoms with Gasteiger partial charge in [-0.15, -0.1) is 0 Å². The first kappa shape index (κ1) is 17.0. The van der Waals surface area contributed by atoms with Crippen molar-refractivity contribution in [1.82, 2.24) is 0 Å². The molecule has 0 rings (SSSR count). The normalized spacial score (nSPS) is 10.9. The molecular formula is C17H37+. The highest BCUT2D eigenvalue weighted by atomic mass is 14.0. The highest BCUT2D eigenvalue weighted by molar-refractivity contribution is 4.48. The van der Waals surface area contributed by atoms with Crippen molar-refractivity contribution in [2.24, 2.45) is 0 Å². The summed E-state index contributed by atoms with van der Waals surface area (Å²) in [6.07, 6.45) is 21.9. The van der Waals surface area contributed by atoms with Crippen molar-refractivity contribution in [2.45, 2.75) is 110 Å². The van der Waals surface area contributed by atoms with E-state index in [1.807, 2.05) is 0 Å². The molecule has 0 nitrogen and oxygen atoms in total. The molecular weight excluding hydrogens is 204 g/mol. The second kappa shape index (κ2) is 16.0. The Hall–Kier alpha value is 0. The maximum atomic E-state index is 2.29. The van der Waals surface area contributed by atoms with E-state index in [-0.39, 0.29) is 1.43 Å². The van der Waals surface area contributed by atoms with Crippen LogP contribution in [0.2, 0.25) is 0 Å². The van der Waals surface area contributed by atoms with E-state index in [1.54, 1.807) is 0 Å². The van der Waals surface area contributed by atoms with E-state index in [1.165, 1.54) is 96.3 Å². The van der Waals surface area contributed by atoms with E-state index >= 15 is 0 Å². The van der Waals surface area contributed by atoms with Crippen LogP contribution in [0, 0.1) is 0 Å². The summed E-state index contributed by atoms with van der Waals surface area (Å²) in [4.78, 5) is 0. The first-order chi connectivity index (χ1) is 8.41. The van der Waals surface area contributed by atoms with Crippen molar-refractivity contribution in [3.63, 3.8) is 0 Å². The molecule has 0 amide bonds. The summed E-state index contributed by atoms with van der Waals surface area (Å²) in [5.41, 5.74) is 0. The molecule has 0 saturated heterocycles. The van der Waals surface area contributed by atoms with E-state index in [9.17, 15) is 0 Å². The lowest BCUT2D eigenvalue weighted by Gasteiger charge is -2.02. The van der Waals surface area contributed by atoms with Gasteiger partial charge in [0.15, 0.2) is 0 Å². The summed E-state index contributed by atoms with van der Waals surface area (Å²) in [6, 6.07) is 0. The molecule has 0 aromatic rings. The second-order valence-electron chi connectivity index (χ2n) is 5.60. The van der Waals surface area contributed by atoms with Crippen molar-refractivity contribution < 1.29 is 1.43 Å². The molecule has 0 atom stereocenters. The molecule has 0 aliphatic heterocycles. The fourth-order valence-electron chi connectivity index (χ4n) is 2.44. The van der Waals surface area contributed by atoms with Crippen molar-refractivity contribution in [1.29, 1.82) is 0 Å². The second-order valence-corrected chi connectivity index (χ2v) is 5.60. The van der Waals surface area contributed by atoms with Crippen LogP contribution in [0.5, 0.6) is 0 Å². The molecule has 0 aliphatic carbocycles. The van der Waals surface area contributed by atoms with Crippen LogP contribution >= 0.6 is 0 Å². The zero-order chi connectivity index (χ0) is 12.6. The molecule has 0 aromatic heterocycles. The average Bonchev–Trinajstić information content (AvgIpc) is 2.35. The first-order valence-electron chi connectivity index (χ1n) is 8.41. The predicted molar refractivity (Wildman–Crippen MR) is 81.7 cm³/mol. The highest BCUT2D eigenvalue weighted by Crippen LogP contribution is 2.13. The monoisotopic (exact) mass is 241 g/mol. The van der Waals surface area contributed by atoms with Gasteiger partial charge in [-0.1, -0.05) is 110 Å². The smallest absolute Gasteiger partial charge is 0.0654 e. The van der Waals surface area contributed by atoms with E-state index in [0.29, 0.717) is 0 Å². The van der Waals surface area contributed by atoms with Crippen molar-refractivity contribution in [3.05, 3.63) is 0 Å². The Kier molecular flexibility index (Phi) is 16.0. The van der Waals surface area contributed by atoms with Crippen molar-refractivity contribution in [2.75, 3.05) is 0 Å². The molecule has 0 fully saturated rings. The maximum Gasteiger partial charge on any atom is 1.00 e. The molecule has 17 heavy (non-hydrogen) atoms. The Balaban J connectivity index is 0. The van der Waals surface area contributed by atoms with Crippen LogP contribution in [-0.4, -0.2) is 0 Å². The van der Waals surface area contributed by atoms with E-state index in [0.717, 1.165) is 0 Å². The molecule has 0 aliphatic rings. The summed E-state index contributed by atoms with van der Waals surface area (Å²) >= 11 is 0. The van der Waals surface area contributed by atoms with E-state index < -0.39 is 0 Å². The summed E-state index contributed by atoms with van der Waals surface area (Å²) in [6.45, 7) is 4.58. The van der Waals surface area contributed by atoms with Gasteiger partial charge in [0.05, 0.1) is 0 Å². The minimum absolute atomic E-state index is 0. The van der Waals surface area contributed by atoms with Crippen molar-refractivity contribution >= 4 is 0 Å². The standard InChI is InChI=1S/C17H36/c1-3-5-7-9-11-13-15-17-16-14-12-10-8-6-4-2/h3-17H2,1-2H3/p+1. The average molecular weight is 241 g/mol. The SMILES string of the molecule is CCCCCCCCCCCCCCCCC.[H+]. The van der Waals surface area contributed by atoms with E-state index in [4.69, 9.17) is 0 Å². The topological polar surface area (TPSA) is 0 Å².